The first kappa shape index (κ1) is 18.6. The summed E-state index contributed by atoms with van der Waals surface area (Å²) in [5, 5.41) is 6.20. The van der Waals surface area contributed by atoms with E-state index in [-0.39, 0.29) is 5.56 Å². The molecule has 2 heterocycles. The Balaban J connectivity index is 1.89. The van der Waals surface area contributed by atoms with Crippen molar-refractivity contribution in [1.82, 2.24) is 14.2 Å². The number of nitrogens with zero attached hydrogens (tertiary/aromatic N) is 4. The van der Waals surface area contributed by atoms with Crippen molar-refractivity contribution in [3.05, 3.63) is 74.9 Å². The van der Waals surface area contributed by atoms with E-state index >= 15 is 0 Å². The fraction of sp³-hybridized carbons (Fsp3) is 0.227. The van der Waals surface area contributed by atoms with Crippen LogP contribution in [0.5, 0.6) is 0 Å². The van der Waals surface area contributed by atoms with Gasteiger partial charge in [0.15, 0.2) is 0 Å². The zero-order valence-electron chi connectivity index (χ0n) is 16.1. The maximum atomic E-state index is 13.0. The van der Waals surface area contributed by atoms with Gasteiger partial charge < -0.3 is 4.57 Å². The van der Waals surface area contributed by atoms with Gasteiger partial charge in [0.05, 0.1) is 17.1 Å². The Bertz CT molecular complexity index is 1270. The van der Waals surface area contributed by atoms with Crippen molar-refractivity contribution in [2.45, 2.75) is 33.2 Å². The molecule has 0 saturated carbocycles. The van der Waals surface area contributed by atoms with Crippen molar-refractivity contribution >= 4 is 44.0 Å². The fourth-order valence-corrected chi connectivity index (χ4v) is 3.79. The van der Waals surface area contributed by atoms with Crippen LogP contribution in [0.1, 0.15) is 38.2 Å². The Morgan fingerprint density at radius 2 is 1.96 bits per heavy atom. The van der Waals surface area contributed by atoms with E-state index in [1.165, 1.54) is 4.68 Å². The van der Waals surface area contributed by atoms with Crippen molar-refractivity contribution in [2.24, 2.45) is 5.10 Å². The first-order valence-corrected chi connectivity index (χ1v) is 10.1. The number of aryl methyl sites for hydroxylation is 1. The second-order valence-corrected chi connectivity index (χ2v) is 7.92. The molecule has 4 rings (SSSR count). The normalized spacial score (nSPS) is 12.0. The number of aromatic nitrogens is 3. The van der Waals surface area contributed by atoms with Gasteiger partial charge in [-0.25, -0.2) is 4.98 Å². The first-order chi connectivity index (χ1) is 13.5. The molecule has 0 amide bonds. The third kappa shape index (κ3) is 3.18. The zero-order chi connectivity index (χ0) is 19.8. The SMILES string of the molecule is CCc1nc2ccc(Br)cc2c(=O)n1N=Cc1cn(C(C)C)c2ccccc12. The summed E-state index contributed by atoms with van der Waals surface area (Å²) in [4.78, 5) is 17.7. The van der Waals surface area contributed by atoms with Gasteiger partial charge in [0.2, 0.25) is 0 Å². The Morgan fingerprint density at radius 3 is 2.71 bits per heavy atom. The van der Waals surface area contributed by atoms with Gasteiger partial charge >= 0.3 is 0 Å². The van der Waals surface area contributed by atoms with Gasteiger partial charge in [-0.05, 0) is 38.1 Å². The van der Waals surface area contributed by atoms with E-state index in [4.69, 9.17) is 0 Å². The van der Waals surface area contributed by atoms with Gasteiger partial charge in [0.1, 0.15) is 5.82 Å². The van der Waals surface area contributed by atoms with E-state index in [1.807, 2.05) is 31.2 Å². The molecule has 0 unspecified atom stereocenters. The molecule has 0 bridgehead atoms. The van der Waals surface area contributed by atoms with E-state index in [2.05, 4.69) is 62.8 Å². The number of fused-ring (bicyclic) bond motifs is 2. The smallest absolute Gasteiger partial charge is 0.282 e. The van der Waals surface area contributed by atoms with Crippen LogP contribution in [0.15, 0.2) is 63.0 Å². The molecule has 0 spiro atoms. The molecular weight excluding hydrogens is 416 g/mol. The standard InChI is InChI=1S/C22H21BrN4O/c1-4-21-25-19-10-9-16(23)11-18(19)22(28)27(21)24-12-15-13-26(14(2)3)20-8-6-5-7-17(15)20/h5-14H,4H2,1-3H3. The maximum absolute atomic E-state index is 13.0. The van der Waals surface area contributed by atoms with Gasteiger partial charge in [-0.3, -0.25) is 4.79 Å². The molecule has 0 saturated heterocycles. The molecule has 6 heteroatoms. The van der Waals surface area contributed by atoms with Crippen LogP contribution in [-0.2, 0) is 6.42 Å². The largest absolute Gasteiger partial charge is 0.344 e. The highest BCUT2D eigenvalue weighted by atomic mass is 79.9. The summed E-state index contributed by atoms with van der Waals surface area (Å²) in [5.74, 6) is 0.642. The molecule has 2 aromatic heterocycles. The fourth-order valence-electron chi connectivity index (χ4n) is 3.42. The summed E-state index contributed by atoms with van der Waals surface area (Å²) in [6.45, 7) is 6.28. The summed E-state index contributed by atoms with van der Waals surface area (Å²) < 4.78 is 4.48. The average molecular weight is 437 g/mol. The molecule has 28 heavy (non-hydrogen) atoms. The summed E-state index contributed by atoms with van der Waals surface area (Å²) in [6, 6.07) is 14.1. The van der Waals surface area contributed by atoms with Crippen molar-refractivity contribution in [3.63, 3.8) is 0 Å². The van der Waals surface area contributed by atoms with Gasteiger partial charge in [0, 0.05) is 39.6 Å². The lowest BCUT2D eigenvalue weighted by Gasteiger charge is -2.08. The van der Waals surface area contributed by atoms with Gasteiger partial charge in [-0.2, -0.15) is 9.78 Å². The van der Waals surface area contributed by atoms with Gasteiger partial charge in [-0.15, -0.1) is 0 Å². The molecule has 0 fully saturated rings. The Kier molecular flexibility index (Phi) is 4.89. The summed E-state index contributed by atoms with van der Waals surface area (Å²) in [6.07, 6.45) is 4.46. The molecule has 5 nitrogen and oxygen atoms in total. The summed E-state index contributed by atoms with van der Waals surface area (Å²) >= 11 is 3.43. The van der Waals surface area contributed by atoms with E-state index < -0.39 is 0 Å². The van der Waals surface area contributed by atoms with Crippen LogP contribution in [0.25, 0.3) is 21.8 Å². The highest BCUT2D eigenvalue weighted by Crippen LogP contribution is 2.23. The highest BCUT2D eigenvalue weighted by Gasteiger charge is 2.11. The number of hydrogen-bond acceptors (Lipinski definition) is 3. The molecule has 0 atom stereocenters. The van der Waals surface area contributed by atoms with Crippen LogP contribution in [-0.4, -0.2) is 20.4 Å². The van der Waals surface area contributed by atoms with Crippen LogP contribution < -0.4 is 5.56 Å². The van der Waals surface area contributed by atoms with E-state index in [1.54, 1.807) is 12.3 Å². The van der Waals surface area contributed by atoms with Crippen LogP contribution in [0.2, 0.25) is 0 Å². The van der Waals surface area contributed by atoms with Gasteiger partial charge in [-0.1, -0.05) is 41.1 Å². The lowest BCUT2D eigenvalue weighted by molar-refractivity contribution is 0.622. The Morgan fingerprint density at radius 1 is 1.18 bits per heavy atom. The Labute approximate surface area is 171 Å². The second-order valence-electron chi connectivity index (χ2n) is 7.01. The lowest BCUT2D eigenvalue weighted by Crippen LogP contribution is -2.22. The number of para-hydroxylation sites is 1. The molecule has 4 aromatic rings. The van der Waals surface area contributed by atoms with Crippen LogP contribution in [0.3, 0.4) is 0 Å². The molecule has 0 aliphatic carbocycles. The Hall–Kier alpha value is -2.73. The van der Waals surface area contributed by atoms with Crippen molar-refractivity contribution in [1.29, 1.82) is 0 Å². The molecule has 0 aliphatic rings. The van der Waals surface area contributed by atoms with E-state index in [0.29, 0.717) is 29.2 Å². The molecule has 0 N–H and O–H groups in total. The minimum atomic E-state index is -0.160. The molecule has 0 radical (unpaired) electrons. The summed E-state index contributed by atoms with van der Waals surface area (Å²) in [5.41, 5.74) is 2.66. The molecule has 2 aromatic carbocycles. The van der Waals surface area contributed by atoms with E-state index in [0.717, 1.165) is 20.9 Å². The van der Waals surface area contributed by atoms with Crippen molar-refractivity contribution in [2.75, 3.05) is 0 Å². The first-order valence-electron chi connectivity index (χ1n) is 9.34. The maximum Gasteiger partial charge on any atom is 0.282 e. The minimum absolute atomic E-state index is 0.160. The van der Waals surface area contributed by atoms with Crippen LogP contribution in [0.4, 0.5) is 0 Å². The predicted molar refractivity (Wildman–Crippen MR) is 118 cm³/mol. The zero-order valence-corrected chi connectivity index (χ0v) is 17.6. The quantitative estimate of drug-likeness (QED) is 0.415. The van der Waals surface area contributed by atoms with Crippen LogP contribution >= 0.6 is 15.9 Å². The topological polar surface area (TPSA) is 52.2 Å². The minimum Gasteiger partial charge on any atom is -0.344 e. The van der Waals surface area contributed by atoms with Crippen molar-refractivity contribution < 1.29 is 0 Å². The second kappa shape index (κ2) is 7.36. The molecule has 0 aliphatic heterocycles. The summed E-state index contributed by atoms with van der Waals surface area (Å²) in [7, 11) is 0. The van der Waals surface area contributed by atoms with E-state index in [9.17, 15) is 4.79 Å². The molecule has 142 valence electrons. The van der Waals surface area contributed by atoms with Gasteiger partial charge in [0.25, 0.3) is 5.56 Å². The highest BCUT2D eigenvalue weighted by molar-refractivity contribution is 9.10. The number of rotatable bonds is 4. The van der Waals surface area contributed by atoms with Crippen LogP contribution in [0, 0.1) is 0 Å². The third-order valence-corrected chi connectivity index (χ3v) is 5.32. The monoisotopic (exact) mass is 436 g/mol. The average Bonchev–Trinajstić information content (AvgIpc) is 3.06. The number of benzene rings is 2. The lowest BCUT2D eigenvalue weighted by atomic mass is 10.2. The third-order valence-electron chi connectivity index (χ3n) is 4.83. The number of hydrogen-bond donors (Lipinski definition) is 0. The molecular formula is C22H21BrN4O. The van der Waals surface area contributed by atoms with Crippen molar-refractivity contribution in [3.8, 4) is 0 Å². The number of halogens is 1. The predicted octanol–water partition coefficient (Wildman–Crippen LogP) is 5.14.